The molecule has 0 radical (unpaired) electrons. The number of piperidine rings is 1. The van der Waals surface area contributed by atoms with E-state index >= 15 is 0 Å². The first kappa shape index (κ1) is 13.8. The van der Waals surface area contributed by atoms with E-state index in [-0.39, 0.29) is 23.8 Å². The number of hydrogen-bond donors (Lipinski definition) is 1. The van der Waals surface area contributed by atoms with Crippen LogP contribution in [0.4, 0.5) is 19.3 Å². The highest BCUT2D eigenvalue weighted by atomic mass is 19.1. The highest BCUT2D eigenvalue weighted by Crippen LogP contribution is 2.24. The normalized spacial score (nSPS) is 23.3. The summed E-state index contributed by atoms with van der Waals surface area (Å²) in [6.45, 7) is 3.96. The molecular weight excluding hydrogens is 250 g/mol. The van der Waals surface area contributed by atoms with E-state index in [1.54, 1.807) is 4.90 Å². The van der Waals surface area contributed by atoms with Crippen molar-refractivity contribution in [2.45, 2.75) is 45.2 Å². The molecule has 104 valence electrons. The molecule has 2 rings (SSSR count). The number of nitrogens with zero attached hydrogens (tertiary/aromatic N) is 1. The van der Waals surface area contributed by atoms with Gasteiger partial charge >= 0.3 is 6.03 Å². The molecular formula is C14H18F2N2O. The number of urea groups is 1. The summed E-state index contributed by atoms with van der Waals surface area (Å²) < 4.78 is 26.3. The average molecular weight is 268 g/mol. The van der Waals surface area contributed by atoms with Gasteiger partial charge in [-0.2, -0.15) is 0 Å². The summed E-state index contributed by atoms with van der Waals surface area (Å²) in [6, 6.07) is 3.06. The maximum atomic E-state index is 13.5. The summed E-state index contributed by atoms with van der Waals surface area (Å²) in [5.41, 5.74) is 0.0105. The van der Waals surface area contributed by atoms with Crippen LogP contribution in [0.5, 0.6) is 0 Å². The molecule has 3 nitrogen and oxygen atoms in total. The van der Waals surface area contributed by atoms with Gasteiger partial charge in [0, 0.05) is 18.2 Å². The Bertz CT molecular complexity index is 469. The number of benzene rings is 1. The van der Waals surface area contributed by atoms with E-state index < -0.39 is 11.6 Å². The predicted molar refractivity (Wildman–Crippen MR) is 70.0 cm³/mol. The molecule has 1 fully saturated rings. The molecule has 2 amide bonds. The lowest BCUT2D eigenvalue weighted by Crippen LogP contribution is -2.49. The van der Waals surface area contributed by atoms with Gasteiger partial charge in [-0.25, -0.2) is 13.6 Å². The van der Waals surface area contributed by atoms with Gasteiger partial charge in [0.15, 0.2) is 0 Å². The first-order chi connectivity index (χ1) is 8.99. The highest BCUT2D eigenvalue weighted by molar-refractivity contribution is 5.89. The molecule has 5 heteroatoms. The first-order valence-corrected chi connectivity index (χ1v) is 6.53. The Morgan fingerprint density at radius 2 is 1.89 bits per heavy atom. The third kappa shape index (κ3) is 3.03. The van der Waals surface area contributed by atoms with Crippen LogP contribution in [0.3, 0.4) is 0 Å². The molecule has 2 atom stereocenters. The van der Waals surface area contributed by atoms with Crippen molar-refractivity contribution < 1.29 is 13.6 Å². The summed E-state index contributed by atoms with van der Waals surface area (Å²) in [4.78, 5) is 13.9. The standard InChI is InChI=1S/C14H18F2N2O/c1-9-4-3-5-10(2)18(9)14(19)17-13-7-6-11(15)8-12(13)16/h6-10H,3-5H2,1-2H3,(H,17,19)/t9-,10-/m0/s1. The van der Waals surface area contributed by atoms with Crippen LogP contribution in [-0.2, 0) is 0 Å². The molecule has 1 aromatic carbocycles. The van der Waals surface area contributed by atoms with Crippen molar-refractivity contribution in [2.24, 2.45) is 0 Å². The molecule has 1 heterocycles. The van der Waals surface area contributed by atoms with E-state index in [2.05, 4.69) is 5.32 Å². The smallest absolute Gasteiger partial charge is 0.319 e. The fraction of sp³-hybridized carbons (Fsp3) is 0.500. The zero-order valence-electron chi connectivity index (χ0n) is 11.1. The SMILES string of the molecule is C[C@H]1CCC[C@H](C)N1C(=O)Nc1ccc(F)cc1F. The highest BCUT2D eigenvalue weighted by Gasteiger charge is 2.29. The summed E-state index contributed by atoms with van der Waals surface area (Å²) in [5.74, 6) is -1.42. The van der Waals surface area contributed by atoms with Gasteiger partial charge in [-0.15, -0.1) is 0 Å². The van der Waals surface area contributed by atoms with Gasteiger partial charge in [0.25, 0.3) is 0 Å². The molecule has 0 aromatic heterocycles. The molecule has 1 aliphatic heterocycles. The van der Waals surface area contributed by atoms with E-state index in [9.17, 15) is 13.6 Å². The largest absolute Gasteiger partial charge is 0.322 e. The third-order valence-corrected chi connectivity index (χ3v) is 3.60. The summed E-state index contributed by atoms with van der Waals surface area (Å²) in [6.07, 6.45) is 2.99. The van der Waals surface area contributed by atoms with Crippen molar-refractivity contribution in [1.29, 1.82) is 0 Å². The lowest BCUT2D eigenvalue weighted by molar-refractivity contribution is 0.133. The average Bonchev–Trinajstić information content (AvgIpc) is 2.32. The van der Waals surface area contributed by atoms with Gasteiger partial charge in [0.2, 0.25) is 0 Å². The van der Waals surface area contributed by atoms with Crippen LogP contribution in [0.15, 0.2) is 18.2 Å². The third-order valence-electron chi connectivity index (χ3n) is 3.60. The van der Waals surface area contributed by atoms with E-state index in [0.29, 0.717) is 0 Å². The monoisotopic (exact) mass is 268 g/mol. The van der Waals surface area contributed by atoms with Crippen LogP contribution < -0.4 is 5.32 Å². The summed E-state index contributed by atoms with van der Waals surface area (Å²) >= 11 is 0. The van der Waals surface area contributed by atoms with Gasteiger partial charge in [-0.3, -0.25) is 0 Å². The topological polar surface area (TPSA) is 32.3 Å². The van der Waals surface area contributed by atoms with Crippen molar-refractivity contribution in [2.75, 3.05) is 5.32 Å². The molecule has 19 heavy (non-hydrogen) atoms. The van der Waals surface area contributed by atoms with Gasteiger partial charge in [-0.05, 0) is 45.2 Å². The fourth-order valence-corrected chi connectivity index (χ4v) is 2.59. The van der Waals surface area contributed by atoms with Gasteiger partial charge in [0.1, 0.15) is 11.6 Å². The van der Waals surface area contributed by atoms with Crippen molar-refractivity contribution in [3.05, 3.63) is 29.8 Å². The molecule has 0 unspecified atom stereocenters. The number of hydrogen-bond acceptors (Lipinski definition) is 1. The van der Waals surface area contributed by atoms with Crippen LogP contribution in [0.2, 0.25) is 0 Å². The van der Waals surface area contributed by atoms with Gasteiger partial charge in [-0.1, -0.05) is 0 Å². The zero-order valence-corrected chi connectivity index (χ0v) is 11.1. The van der Waals surface area contributed by atoms with Crippen molar-refractivity contribution >= 4 is 11.7 Å². The Balaban J connectivity index is 2.11. The van der Waals surface area contributed by atoms with Crippen molar-refractivity contribution in [1.82, 2.24) is 4.90 Å². The molecule has 0 spiro atoms. The minimum absolute atomic E-state index is 0.0105. The van der Waals surface area contributed by atoms with Crippen LogP contribution in [0.1, 0.15) is 33.1 Å². The molecule has 1 aromatic rings. The number of nitrogens with one attached hydrogen (secondary N) is 1. The van der Waals surface area contributed by atoms with E-state index in [0.717, 1.165) is 31.4 Å². The van der Waals surface area contributed by atoms with E-state index in [1.165, 1.54) is 6.07 Å². The van der Waals surface area contributed by atoms with Crippen molar-refractivity contribution in [3.63, 3.8) is 0 Å². The molecule has 1 saturated heterocycles. The quantitative estimate of drug-likeness (QED) is 0.826. The number of anilines is 1. The number of amides is 2. The minimum atomic E-state index is -0.759. The van der Waals surface area contributed by atoms with E-state index in [4.69, 9.17) is 0 Å². The number of halogens is 2. The van der Waals surface area contributed by atoms with Crippen LogP contribution in [0.25, 0.3) is 0 Å². The summed E-state index contributed by atoms with van der Waals surface area (Å²) in [5, 5.41) is 2.51. The Labute approximate surface area is 111 Å². The number of likely N-dealkylation sites (tertiary alicyclic amines) is 1. The van der Waals surface area contributed by atoms with E-state index in [1.807, 2.05) is 13.8 Å². The van der Waals surface area contributed by atoms with Crippen molar-refractivity contribution in [3.8, 4) is 0 Å². The summed E-state index contributed by atoms with van der Waals surface area (Å²) in [7, 11) is 0. The molecule has 1 N–H and O–H groups in total. The number of rotatable bonds is 1. The lowest BCUT2D eigenvalue weighted by Gasteiger charge is -2.38. The number of carbonyl (C=O) groups excluding carboxylic acids is 1. The second kappa shape index (κ2) is 5.55. The Kier molecular flexibility index (Phi) is 4.02. The minimum Gasteiger partial charge on any atom is -0.319 e. The second-order valence-corrected chi connectivity index (χ2v) is 5.09. The second-order valence-electron chi connectivity index (χ2n) is 5.09. The Morgan fingerprint density at radius 3 is 2.47 bits per heavy atom. The lowest BCUT2D eigenvalue weighted by atomic mass is 9.98. The van der Waals surface area contributed by atoms with Crippen LogP contribution in [-0.4, -0.2) is 23.0 Å². The molecule has 0 aliphatic carbocycles. The zero-order chi connectivity index (χ0) is 14.0. The van der Waals surface area contributed by atoms with Gasteiger partial charge < -0.3 is 10.2 Å². The Morgan fingerprint density at radius 1 is 1.26 bits per heavy atom. The van der Waals surface area contributed by atoms with Gasteiger partial charge in [0.05, 0.1) is 5.69 Å². The predicted octanol–water partition coefficient (Wildman–Crippen LogP) is 3.76. The first-order valence-electron chi connectivity index (χ1n) is 6.53. The fourth-order valence-electron chi connectivity index (χ4n) is 2.59. The maximum absolute atomic E-state index is 13.5. The van der Waals surface area contributed by atoms with Crippen LogP contribution in [0, 0.1) is 11.6 Å². The number of carbonyl (C=O) groups is 1. The molecule has 1 aliphatic rings. The molecule has 0 bridgehead atoms. The molecule has 0 saturated carbocycles. The Hall–Kier alpha value is -1.65. The maximum Gasteiger partial charge on any atom is 0.322 e. The van der Waals surface area contributed by atoms with Crippen LogP contribution >= 0.6 is 0 Å².